The van der Waals surface area contributed by atoms with Crippen molar-refractivity contribution in [3.63, 3.8) is 0 Å². The van der Waals surface area contributed by atoms with E-state index in [4.69, 9.17) is 0 Å². The SMILES string of the molecule is Cc1nc(-c2ccccn2)sc1C(=O)Nc1cccc(O)c1. The number of amides is 1. The van der Waals surface area contributed by atoms with Crippen molar-refractivity contribution < 1.29 is 9.90 Å². The fourth-order valence-electron chi connectivity index (χ4n) is 1.98. The van der Waals surface area contributed by atoms with Crippen LogP contribution < -0.4 is 5.32 Å². The smallest absolute Gasteiger partial charge is 0.267 e. The molecule has 1 aromatic carbocycles. The summed E-state index contributed by atoms with van der Waals surface area (Å²) < 4.78 is 0. The molecular weight excluding hydrogens is 298 g/mol. The van der Waals surface area contributed by atoms with Crippen molar-refractivity contribution >= 4 is 22.9 Å². The fraction of sp³-hybridized carbons (Fsp3) is 0.0625. The first-order chi connectivity index (χ1) is 10.6. The number of thiazole rings is 1. The van der Waals surface area contributed by atoms with Crippen LogP contribution in [0.3, 0.4) is 0 Å². The summed E-state index contributed by atoms with van der Waals surface area (Å²) in [5.74, 6) is -0.143. The lowest BCUT2D eigenvalue weighted by Crippen LogP contribution is -2.11. The van der Waals surface area contributed by atoms with Gasteiger partial charge in [0.05, 0.1) is 11.4 Å². The Bertz CT molecular complexity index is 815. The predicted molar refractivity (Wildman–Crippen MR) is 86.1 cm³/mol. The van der Waals surface area contributed by atoms with Crippen LogP contribution in [0, 0.1) is 6.92 Å². The molecule has 0 fully saturated rings. The van der Waals surface area contributed by atoms with Crippen molar-refractivity contribution in [1.29, 1.82) is 0 Å². The third kappa shape index (κ3) is 2.96. The molecule has 110 valence electrons. The second-order valence-corrected chi connectivity index (χ2v) is 5.65. The van der Waals surface area contributed by atoms with Crippen LogP contribution in [0.4, 0.5) is 5.69 Å². The maximum Gasteiger partial charge on any atom is 0.267 e. The van der Waals surface area contributed by atoms with E-state index in [-0.39, 0.29) is 11.7 Å². The standard InChI is InChI=1S/C16H13N3O2S/c1-10-14(15(21)19-11-5-4-6-12(20)9-11)22-16(18-10)13-7-2-3-8-17-13/h2-9,20H,1H3,(H,19,21). The Morgan fingerprint density at radius 3 is 2.82 bits per heavy atom. The summed E-state index contributed by atoms with van der Waals surface area (Å²) in [4.78, 5) is 21.5. The summed E-state index contributed by atoms with van der Waals surface area (Å²) in [5, 5.41) is 12.9. The molecule has 0 spiro atoms. The van der Waals surface area contributed by atoms with Crippen molar-refractivity contribution in [2.75, 3.05) is 5.32 Å². The predicted octanol–water partition coefficient (Wildman–Crippen LogP) is 3.47. The average molecular weight is 311 g/mol. The Labute approximate surface area is 131 Å². The van der Waals surface area contributed by atoms with Crippen LogP contribution in [0.1, 0.15) is 15.4 Å². The maximum absolute atomic E-state index is 12.3. The monoisotopic (exact) mass is 311 g/mol. The average Bonchev–Trinajstić information content (AvgIpc) is 2.90. The number of pyridine rings is 1. The summed E-state index contributed by atoms with van der Waals surface area (Å²) in [6, 6.07) is 12.0. The number of carbonyl (C=O) groups is 1. The second kappa shape index (κ2) is 5.95. The number of phenols is 1. The number of carbonyl (C=O) groups excluding carboxylic acids is 1. The molecular formula is C16H13N3O2S. The molecule has 0 aliphatic carbocycles. The first-order valence-electron chi connectivity index (χ1n) is 6.63. The van der Waals surface area contributed by atoms with Crippen molar-refractivity contribution in [2.24, 2.45) is 0 Å². The van der Waals surface area contributed by atoms with Gasteiger partial charge in [-0.25, -0.2) is 4.98 Å². The fourth-order valence-corrected chi connectivity index (χ4v) is 2.92. The van der Waals surface area contributed by atoms with Gasteiger partial charge in [-0.1, -0.05) is 12.1 Å². The molecule has 5 nitrogen and oxygen atoms in total. The molecule has 0 saturated heterocycles. The third-order valence-electron chi connectivity index (χ3n) is 2.99. The Hall–Kier alpha value is -2.73. The first kappa shape index (κ1) is 14.2. The van der Waals surface area contributed by atoms with Gasteiger partial charge in [0, 0.05) is 18.0 Å². The van der Waals surface area contributed by atoms with Crippen LogP contribution in [0.15, 0.2) is 48.7 Å². The molecule has 3 aromatic rings. The summed E-state index contributed by atoms with van der Waals surface area (Å²) in [7, 11) is 0. The Balaban J connectivity index is 1.86. The molecule has 0 aliphatic rings. The number of phenolic OH excluding ortho intramolecular Hbond substituents is 1. The van der Waals surface area contributed by atoms with Gasteiger partial charge in [0.2, 0.25) is 0 Å². The van der Waals surface area contributed by atoms with Crippen LogP contribution in [-0.2, 0) is 0 Å². The number of rotatable bonds is 3. The lowest BCUT2D eigenvalue weighted by Gasteiger charge is -2.04. The molecule has 3 rings (SSSR count). The topological polar surface area (TPSA) is 75.1 Å². The molecule has 0 radical (unpaired) electrons. The van der Waals surface area contributed by atoms with Crippen LogP contribution in [0.2, 0.25) is 0 Å². The van der Waals surface area contributed by atoms with Gasteiger partial charge in [-0.15, -0.1) is 11.3 Å². The highest BCUT2D eigenvalue weighted by molar-refractivity contribution is 7.17. The molecule has 0 bridgehead atoms. The Morgan fingerprint density at radius 2 is 2.09 bits per heavy atom. The summed E-state index contributed by atoms with van der Waals surface area (Å²) >= 11 is 1.30. The lowest BCUT2D eigenvalue weighted by molar-refractivity contribution is 0.103. The van der Waals surface area contributed by atoms with Crippen LogP contribution in [0.5, 0.6) is 5.75 Å². The largest absolute Gasteiger partial charge is 0.508 e. The lowest BCUT2D eigenvalue weighted by atomic mass is 10.3. The van der Waals surface area contributed by atoms with Crippen molar-refractivity contribution in [3.05, 3.63) is 59.2 Å². The number of aromatic hydroxyl groups is 1. The molecule has 0 aliphatic heterocycles. The number of hydrogen-bond acceptors (Lipinski definition) is 5. The van der Waals surface area contributed by atoms with Gasteiger partial charge in [-0.2, -0.15) is 0 Å². The third-order valence-corrected chi connectivity index (χ3v) is 4.17. The van der Waals surface area contributed by atoms with Crippen molar-refractivity contribution in [3.8, 4) is 16.5 Å². The van der Waals surface area contributed by atoms with E-state index < -0.39 is 0 Å². The molecule has 2 aromatic heterocycles. The van der Waals surface area contributed by atoms with Crippen molar-refractivity contribution in [2.45, 2.75) is 6.92 Å². The first-order valence-corrected chi connectivity index (χ1v) is 7.44. The number of anilines is 1. The molecule has 22 heavy (non-hydrogen) atoms. The van der Waals surface area contributed by atoms with Gasteiger partial charge in [0.1, 0.15) is 15.6 Å². The van der Waals surface area contributed by atoms with E-state index in [9.17, 15) is 9.90 Å². The molecule has 1 amide bonds. The van der Waals surface area contributed by atoms with Crippen molar-refractivity contribution in [1.82, 2.24) is 9.97 Å². The number of aryl methyl sites for hydroxylation is 1. The van der Waals surface area contributed by atoms with Crippen LogP contribution in [-0.4, -0.2) is 21.0 Å². The van der Waals surface area contributed by atoms with E-state index in [2.05, 4.69) is 15.3 Å². The van der Waals surface area contributed by atoms with Gasteiger partial charge < -0.3 is 10.4 Å². The number of nitrogens with one attached hydrogen (secondary N) is 1. The zero-order valence-corrected chi connectivity index (χ0v) is 12.6. The molecule has 2 heterocycles. The van der Waals surface area contributed by atoms with Crippen LogP contribution in [0.25, 0.3) is 10.7 Å². The molecule has 6 heteroatoms. The zero-order chi connectivity index (χ0) is 15.5. The molecule has 0 unspecified atom stereocenters. The molecule has 2 N–H and O–H groups in total. The van der Waals surface area contributed by atoms with Gasteiger partial charge in [-0.3, -0.25) is 9.78 Å². The van der Waals surface area contributed by atoms with Crippen LogP contribution >= 0.6 is 11.3 Å². The highest BCUT2D eigenvalue weighted by Crippen LogP contribution is 2.27. The number of benzene rings is 1. The molecule has 0 saturated carbocycles. The van der Waals surface area contributed by atoms with E-state index in [1.165, 1.54) is 17.4 Å². The summed E-state index contributed by atoms with van der Waals surface area (Å²) in [5.41, 5.74) is 1.94. The van der Waals surface area contributed by atoms with Gasteiger partial charge in [-0.05, 0) is 31.2 Å². The van der Waals surface area contributed by atoms with E-state index in [1.807, 2.05) is 18.2 Å². The Morgan fingerprint density at radius 1 is 1.23 bits per heavy atom. The number of hydrogen-bond donors (Lipinski definition) is 2. The molecule has 0 atom stereocenters. The van der Waals surface area contributed by atoms with E-state index >= 15 is 0 Å². The normalized spacial score (nSPS) is 10.4. The number of nitrogens with zero attached hydrogens (tertiary/aromatic N) is 2. The maximum atomic E-state index is 12.3. The number of aromatic nitrogens is 2. The summed E-state index contributed by atoms with van der Waals surface area (Å²) in [6.07, 6.45) is 1.69. The van der Waals surface area contributed by atoms with E-state index in [1.54, 1.807) is 31.3 Å². The zero-order valence-electron chi connectivity index (χ0n) is 11.8. The van der Waals surface area contributed by atoms with E-state index in [0.717, 1.165) is 5.69 Å². The minimum atomic E-state index is -0.247. The van der Waals surface area contributed by atoms with Gasteiger partial charge in [0.15, 0.2) is 0 Å². The second-order valence-electron chi connectivity index (χ2n) is 4.65. The van der Waals surface area contributed by atoms with Gasteiger partial charge in [0.25, 0.3) is 5.91 Å². The van der Waals surface area contributed by atoms with Gasteiger partial charge >= 0.3 is 0 Å². The summed E-state index contributed by atoms with van der Waals surface area (Å²) in [6.45, 7) is 1.79. The van der Waals surface area contributed by atoms with E-state index in [0.29, 0.717) is 21.3 Å². The highest BCUT2D eigenvalue weighted by Gasteiger charge is 2.17. The minimum Gasteiger partial charge on any atom is -0.508 e. The minimum absolute atomic E-state index is 0.105. The Kier molecular flexibility index (Phi) is 3.84. The quantitative estimate of drug-likeness (QED) is 0.776. The highest BCUT2D eigenvalue weighted by atomic mass is 32.1.